The van der Waals surface area contributed by atoms with Crippen LogP contribution in [0.1, 0.15) is 23.5 Å². The second-order valence-electron chi connectivity index (χ2n) is 5.75. The van der Waals surface area contributed by atoms with Gasteiger partial charge in [0.1, 0.15) is 5.82 Å². The maximum absolute atomic E-state index is 13.1. The summed E-state index contributed by atoms with van der Waals surface area (Å²) in [5.74, 6) is -0.906. The Kier molecular flexibility index (Phi) is 5.03. The second-order valence-corrected chi connectivity index (χ2v) is 5.75. The Hall–Kier alpha value is -2.20. The van der Waals surface area contributed by atoms with Gasteiger partial charge in [-0.05, 0) is 29.7 Å². The number of rotatable bonds is 5. The Labute approximate surface area is 135 Å². The van der Waals surface area contributed by atoms with E-state index in [1.54, 1.807) is 12.1 Å². The van der Waals surface area contributed by atoms with Crippen molar-refractivity contribution in [2.45, 2.75) is 18.9 Å². The van der Waals surface area contributed by atoms with E-state index in [4.69, 9.17) is 9.47 Å². The van der Waals surface area contributed by atoms with Crippen molar-refractivity contribution in [2.75, 3.05) is 13.2 Å². The number of hydrogen-bond acceptors (Lipinski definition) is 3. The lowest BCUT2D eigenvalue weighted by Crippen LogP contribution is -2.33. The van der Waals surface area contributed by atoms with Gasteiger partial charge in [-0.3, -0.25) is 4.79 Å². The Morgan fingerprint density at radius 2 is 1.83 bits per heavy atom. The molecule has 2 aromatic carbocycles. The molecule has 0 aliphatic carbocycles. The van der Waals surface area contributed by atoms with E-state index in [1.165, 1.54) is 12.1 Å². The van der Waals surface area contributed by atoms with Crippen molar-refractivity contribution >= 4 is 5.97 Å². The van der Waals surface area contributed by atoms with Gasteiger partial charge in [-0.2, -0.15) is 0 Å². The minimum Gasteiger partial charge on any atom is -0.465 e. The number of halogens is 1. The van der Waals surface area contributed by atoms with Crippen LogP contribution in [-0.2, 0) is 20.9 Å². The molecule has 1 aliphatic rings. The van der Waals surface area contributed by atoms with Gasteiger partial charge in [-0.1, -0.05) is 42.5 Å². The molecule has 0 aromatic heterocycles. The highest BCUT2D eigenvalue weighted by Gasteiger charge is 2.35. The first-order valence-corrected chi connectivity index (χ1v) is 7.78. The van der Waals surface area contributed by atoms with E-state index in [0.29, 0.717) is 19.8 Å². The van der Waals surface area contributed by atoms with Crippen LogP contribution in [0.25, 0.3) is 0 Å². The summed E-state index contributed by atoms with van der Waals surface area (Å²) in [6.45, 7) is 1.41. The fourth-order valence-electron chi connectivity index (χ4n) is 2.92. The molecule has 3 rings (SSSR count). The molecule has 1 saturated heterocycles. The van der Waals surface area contributed by atoms with Crippen LogP contribution in [0.2, 0.25) is 0 Å². The van der Waals surface area contributed by atoms with Crippen molar-refractivity contribution in [3.8, 4) is 0 Å². The second kappa shape index (κ2) is 7.38. The van der Waals surface area contributed by atoms with Crippen LogP contribution >= 0.6 is 0 Å². The number of carbonyl (C=O) groups excluding carboxylic acids is 1. The average molecular weight is 314 g/mol. The maximum Gasteiger partial charge on any atom is 0.313 e. The van der Waals surface area contributed by atoms with Gasteiger partial charge in [0, 0.05) is 5.92 Å². The number of esters is 1. The van der Waals surface area contributed by atoms with Gasteiger partial charge in [0.25, 0.3) is 0 Å². The van der Waals surface area contributed by atoms with Crippen LogP contribution in [0.5, 0.6) is 0 Å². The molecule has 0 amide bonds. The van der Waals surface area contributed by atoms with Gasteiger partial charge in [0.15, 0.2) is 0 Å². The van der Waals surface area contributed by atoms with E-state index < -0.39 is 0 Å². The first-order chi connectivity index (χ1) is 11.2. The molecule has 2 aromatic rings. The molecule has 0 bridgehead atoms. The molecular formula is C19H19FO3. The smallest absolute Gasteiger partial charge is 0.313 e. The number of ether oxygens (including phenoxy) is 2. The van der Waals surface area contributed by atoms with E-state index in [2.05, 4.69) is 0 Å². The Morgan fingerprint density at radius 3 is 2.57 bits per heavy atom. The van der Waals surface area contributed by atoms with Crippen LogP contribution in [0.3, 0.4) is 0 Å². The van der Waals surface area contributed by atoms with E-state index in [9.17, 15) is 9.18 Å². The van der Waals surface area contributed by atoms with E-state index in [-0.39, 0.29) is 23.6 Å². The van der Waals surface area contributed by atoms with Crippen LogP contribution < -0.4 is 0 Å². The third kappa shape index (κ3) is 3.96. The summed E-state index contributed by atoms with van der Waals surface area (Å²) in [6, 6.07) is 16.0. The SMILES string of the molecule is O=C1OCC[C@@H](COCc2ccccc2)[C@@H]1c1ccc(F)cc1. The number of carbonyl (C=O) groups is 1. The van der Waals surface area contributed by atoms with E-state index in [0.717, 1.165) is 17.5 Å². The molecular weight excluding hydrogens is 295 g/mol. The van der Waals surface area contributed by atoms with Crippen molar-refractivity contribution in [1.29, 1.82) is 0 Å². The van der Waals surface area contributed by atoms with Crippen molar-refractivity contribution in [1.82, 2.24) is 0 Å². The molecule has 120 valence electrons. The highest BCUT2D eigenvalue weighted by atomic mass is 19.1. The highest BCUT2D eigenvalue weighted by molar-refractivity contribution is 5.79. The summed E-state index contributed by atoms with van der Waals surface area (Å²) in [5.41, 5.74) is 1.88. The van der Waals surface area contributed by atoms with E-state index in [1.807, 2.05) is 30.3 Å². The molecule has 0 unspecified atom stereocenters. The molecule has 0 radical (unpaired) electrons. The Morgan fingerprint density at radius 1 is 1.09 bits per heavy atom. The lowest BCUT2D eigenvalue weighted by molar-refractivity contribution is -0.153. The summed E-state index contributed by atoms with van der Waals surface area (Å²) < 4.78 is 24.1. The molecule has 23 heavy (non-hydrogen) atoms. The number of benzene rings is 2. The first kappa shape index (κ1) is 15.7. The molecule has 0 N–H and O–H groups in total. The predicted octanol–water partition coefficient (Wildman–Crippen LogP) is 3.69. The van der Waals surface area contributed by atoms with Crippen LogP contribution in [-0.4, -0.2) is 19.2 Å². The van der Waals surface area contributed by atoms with Crippen molar-refractivity contribution < 1.29 is 18.7 Å². The molecule has 1 fully saturated rings. The number of cyclic esters (lactones) is 1. The van der Waals surface area contributed by atoms with Crippen molar-refractivity contribution in [3.63, 3.8) is 0 Å². The molecule has 2 atom stereocenters. The number of hydrogen-bond donors (Lipinski definition) is 0. The molecule has 0 spiro atoms. The fourth-order valence-corrected chi connectivity index (χ4v) is 2.92. The standard InChI is InChI=1S/C19H19FO3/c20-17-8-6-15(7-9-17)18-16(10-11-23-19(18)21)13-22-12-14-4-2-1-3-5-14/h1-9,16,18H,10-13H2/t16-,18-/m0/s1. The fraction of sp³-hybridized carbons (Fsp3) is 0.316. The normalized spacial score (nSPS) is 21.0. The summed E-state index contributed by atoms with van der Waals surface area (Å²) in [7, 11) is 0. The zero-order chi connectivity index (χ0) is 16.1. The predicted molar refractivity (Wildman–Crippen MR) is 84.3 cm³/mol. The minimum atomic E-state index is -0.389. The lowest BCUT2D eigenvalue weighted by Gasteiger charge is -2.30. The molecule has 1 aliphatic heterocycles. The molecule has 0 saturated carbocycles. The summed E-state index contributed by atoms with van der Waals surface area (Å²) in [4.78, 5) is 12.2. The van der Waals surface area contributed by atoms with E-state index >= 15 is 0 Å². The van der Waals surface area contributed by atoms with Crippen LogP contribution in [0, 0.1) is 11.7 Å². The van der Waals surface area contributed by atoms with Crippen LogP contribution in [0.15, 0.2) is 54.6 Å². The van der Waals surface area contributed by atoms with Gasteiger partial charge in [-0.15, -0.1) is 0 Å². The Bertz CT molecular complexity index is 639. The molecule has 4 heteroatoms. The van der Waals surface area contributed by atoms with Gasteiger partial charge in [0.05, 0.1) is 25.7 Å². The minimum absolute atomic E-state index is 0.0467. The van der Waals surface area contributed by atoms with Crippen LogP contribution in [0.4, 0.5) is 4.39 Å². The molecule has 1 heterocycles. The zero-order valence-electron chi connectivity index (χ0n) is 12.8. The highest BCUT2D eigenvalue weighted by Crippen LogP contribution is 2.32. The van der Waals surface area contributed by atoms with Gasteiger partial charge < -0.3 is 9.47 Å². The summed E-state index contributed by atoms with van der Waals surface area (Å²) >= 11 is 0. The largest absolute Gasteiger partial charge is 0.465 e. The third-order valence-electron chi connectivity index (χ3n) is 4.13. The topological polar surface area (TPSA) is 35.5 Å². The maximum atomic E-state index is 13.1. The quantitative estimate of drug-likeness (QED) is 0.790. The molecule has 3 nitrogen and oxygen atoms in total. The monoisotopic (exact) mass is 314 g/mol. The lowest BCUT2D eigenvalue weighted by atomic mass is 9.83. The van der Waals surface area contributed by atoms with Gasteiger partial charge in [0.2, 0.25) is 0 Å². The average Bonchev–Trinajstić information content (AvgIpc) is 2.57. The summed E-state index contributed by atoms with van der Waals surface area (Å²) in [5, 5.41) is 0. The first-order valence-electron chi connectivity index (χ1n) is 7.78. The van der Waals surface area contributed by atoms with Gasteiger partial charge in [-0.25, -0.2) is 4.39 Å². The third-order valence-corrected chi connectivity index (χ3v) is 4.13. The summed E-state index contributed by atoms with van der Waals surface area (Å²) in [6.07, 6.45) is 0.753. The Balaban J connectivity index is 1.66. The zero-order valence-corrected chi connectivity index (χ0v) is 12.8. The van der Waals surface area contributed by atoms with Crippen molar-refractivity contribution in [3.05, 3.63) is 71.5 Å². The van der Waals surface area contributed by atoms with Gasteiger partial charge >= 0.3 is 5.97 Å². The van der Waals surface area contributed by atoms with Crippen molar-refractivity contribution in [2.24, 2.45) is 5.92 Å².